The van der Waals surface area contributed by atoms with Gasteiger partial charge in [-0.25, -0.2) is 0 Å². The molecule has 0 aliphatic carbocycles. The molecule has 0 saturated carbocycles. The molecule has 0 aliphatic rings. The Morgan fingerprint density at radius 3 is 2.14 bits per heavy atom. The first kappa shape index (κ1) is 11.8. The zero-order chi connectivity index (χ0) is 14.5. The fourth-order valence-electron chi connectivity index (χ4n) is 3.59. The number of benzene rings is 5. The summed E-state index contributed by atoms with van der Waals surface area (Å²) in [7, 11) is 0. The highest BCUT2D eigenvalue weighted by atomic mass is 14.1. The highest BCUT2D eigenvalue weighted by Crippen LogP contribution is 2.38. The number of hydrogen-bond donors (Lipinski definition) is 0. The molecule has 0 aliphatic heterocycles. The Balaban J connectivity index is 2.24. The Morgan fingerprint density at radius 1 is 0.500 bits per heavy atom. The molecule has 101 valence electrons. The van der Waals surface area contributed by atoms with Crippen LogP contribution in [0.4, 0.5) is 0 Å². The summed E-state index contributed by atoms with van der Waals surface area (Å²) in [5.41, 5.74) is 0. The maximum Gasteiger partial charge on any atom is -0.00199 e. The average molecular weight is 277 g/mol. The summed E-state index contributed by atoms with van der Waals surface area (Å²) in [6.45, 7) is 0. The van der Waals surface area contributed by atoms with Crippen molar-refractivity contribution in [3.8, 4) is 0 Å². The molecule has 0 nitrogen and oxygen atoms in total. The minimum absolute atomic E-state index is 1.21. The lowest BCUT2D eigenvalue weighted by molar-refractivity contribution is 1.77. The van der Waals surface area contributed by atoms with E-state index in [1.807, 2.05) is 6.07 Å². The Hall–Kier alpha value is -2.86. The van der Waals surface area contributed by atoms with Gasteiger partial charge in [-0.1, -0.05) is 78.9 Å². The average Bonchev–Trinajstić information content (AvgIpc) is 2.61. The highest BCUT2D eigenvalue weighted by molar-refractivity contribution is 6.31. The predicted molar refractivity (Wildman–Crippen MR) is 95.3 cm³/mol. The third-order valence-corrected chi connectivity index (χ3v) is 4.54. The first-order valence-electron chi connectivity index (χ1n) is 7.56. The summed E-state index contributed by atoms with van der Waals surface area (Å²) in [5.74, 6) is 0. The summed E-state index contributed by atoms with van der Waals surface area (Å²) in [6.07, 6.45) is 0. The molecular weight excluding hydrogens is 264 g/mol. The Kier molecular flexibility index (Phi) is 2.31. The molecule has 0 fully saturated rings. The van der Waals surface area contributed by atoms with E-state index in [2.05, 4.69) is 78.9 Å². The molecular formula is C22H13. The summed E-state index contributed by atoms with van der Waals surface area (Å²) in [5, 5.41) is 10.3. The molecule has 0 aromatic heterocycles. The molecule has 5 aromatic carbocycles. The van der Waals surface area contributed by atoms with Crippen LogP contribution in [0.1, 0.15) is 0 Å². The van der Waals surface area contributed by atoms with Gasteiger partial charge in [0, 0.05) is 0 Å². The molecule has 0 atom stereocenters. The molecule has 0 amide bonds. The third kappa shape index (κ3) is 1.47. The Bertz CT molecular complexity index is 1120. The first-order chi connectivity index (χ1) is 10.9. The fourth-order valence-corrected chi connectivity index (χ4v) is 3.59. The molecule has 22 heavy (non-hydrogen) atoms. The minimum atomic E-state index is 1.21. The van der Waals surface area contributed by atoms with E-state index in [9.17, 15) is 0 Å². The van der Waals surface area contributed by atoms with Crippen molar-refractivity contribution >= 4 is 43.1 Å². The quantitative estimate of drug-likeness (QED) is 0.300. The standard InChI is InChI=1S/C22H13/c1-2-8-16-15(7-1)13-14-21-19-11-4-3-9-17(19)18-10-5-6-12-20(18)22(16)21/h1-9,11-14H. The van der Waals surface area contributed by atoms with Gasteiger partial charge in [-0.3, -0.25) is 0 Å². The molecule has 0 N–H and O–H groups in total. The van der Waals surface area contributed by atoms with Gasteiger partial charge in [-0.05, 0) is 49.2 Å². The van der Waals surface area contributed by atoms with Gasteiger partial charge in [0.1, 0.15) is 0 Å². The monoisotopic (exact) mass is 277 g/mol. The van der Waals surface area contributed by atoms with Crippen molar-refractivity contribution < 1.29 is 0 Å². The maximum absolute atomic E-state index is 3.45. The highest BCUT2D eigenvalue weighted by Gasteiger charge is 2.10. The summed E-state index contributed by atoms with van der Waals surface area (Å²) >= 11 is 0. The number of fused-ring (bicyclic) bond motifs is 8. The Labute approximate surface area is 128 Å². The van der Waals surface area contributed by atoms with E-state index in [4.69, 9.17) is 0 Å². The second-order valence-corrected chi connectivity index (χ2v) is 5.71. The minimum Gasteiger partial charge on any atom is -0.0616 e. The van der Waals surface area contributed by atoms with Gasteiger partial charge in [-0.2, -0.15) is 0 Å². The van der Waals surface area contributed by atoms with E-state index >= 15 is 0 Å². The van der Waals surface area contributed by atoms with Crippen LogP contribution in [0.5, 0.6) is 0 Å². The van der Waals surface area contributed by atoms with Crippen LogP contribution in [0.2, 0.25) is 0 Å². The second-order valence-electron chi connectivity index (χ2n) is 5.71. The van der Waals surface area contributed by atoms with Crippen molar-refractivity contribution in [3.63, 3.8) is 0 Å². The van der Waals surface area contributed by atoms with Crippen LogP contribution in [0.25, 0.3) is 43.1 Å². The van der Waals surface area contributed by atoms with E-state index in [0.717, 1.165) is 0 Å². The molecule has 5 aromatic rings. The zero-order valence-corrected chi connectivity index (χ0v) is 12.0. The van der Waals surface area contributed by atoms with Crippen LogP contribution in [-0.4, -0.2) is 0 Å². The van der Waals surface area contributed by atoms with E-state index in [0.29, 0.717) is 0 Å². The smallest absolute Gasteiger partial charge is 0.00199 e. The van der Waals surface area contributed by atoms with Crippen LogP contribution < -0.4 is 0 Å². The molecule has 1 radical (unpaired) electrons. The van der Waals surface area contributed by atoms with E-state index in [1.165, 1.54) is 43.1 Å². The molecule has 0 heteroatoms. The topological polar surface area (TPSA) is 0 Å². The van der Waals surface area contributed by atoms with Crippen molar-refractivity contribution in [2.75, 3.05) is 0 Å². The number of hydrogen-bond acceptors (Lipinski definition) is 0. The van der Waals surface area contributed by atoms with Crippen molar-refractivity contribution in [2.45, 2.75) is 0 Å². The molecule has 0 bridgehead atoms. The SMILES string of the molecule is [c]1cccc2c1c1ccccc1c1ccc3ccccc3c21. The zero-order valence-electron chi connectivity index (χ0n) is 12.0. The largest absolute Gasteiger partial charge is 0.0616 e. The van der Waals surface area contributed by atoms with Crippen molar-refractivity contribution in [1.29, 1.82) is 0 Å². The normalized spacial score (nSPS) is 11.6. The lowest BCUT2D eigenvalue weighted by Gasteiger charge is -2.12. The van der Waals surface area contributed by atoms with Gasteiger partial charge in [0.15, 0.2) is 0 Å². The molecule has 0 saturated heterocycles. The second kappa shape index (κ2) is 4.32. The summed E-state index contributed by atoms with van der Waals surface area (Å²) in [4.78, 5) is 0. The van der Waals surface area contributed by atoms with Gasteiger partial charge in [0.2, 0.25) is 0 Å². The van der Waals surface area contributed by atoms with Crippen LogP contribution >= 0.6 is 0 Å². The van der Waals surface area contributed by atoms with Gasteiger partial charge in [0.05, 0.1) is 0 Å². The maximum atomic E-state index is 3.45. The van der Waals surface area contributed by atoms with Crippen LogP contribution in [0, 0.1) is 6.07 Å². The van der Waals surface area contributed by atoms with E-state index < -0.39 is 0 Å². The van der Waals surface area contributed by atoms with Crippen molar-refractivity contribution in [1.82, 2.24) is 0 Å². The van der Waals surface area contributed by atoms with Crippen molar-refractivity contribution in [3.05, 3.63) is 84.9 Å². The fraction of sp³-hybridized carbons (Fsp3) is 0. The Morgan fingerprint density at radius 2 is 1.23 bits per heavy atom. The summed E-state index contributed by atoms with van der Waals surface area (Å²) < 4.78 is 0. The predicted octanol–water partition coefficient (Wildman–Crippen LogP) is 6.10. The third-order valence-electron chi connectivity index (χ3n) is 4.54. The molecule has 0 spiro atoms. The van der Waals surface area contributed by atoms with Gasteiger partial charge in [0.25, 0.3) is 0 Å². The lowest BCUT2D eigenvalue weighted by Crippen LogP contribution is -1.84. The van der Waals surface area contributed by atoms with Crippen LogP contribution in [0.3, 0.4) is 0 Å². The van der Waals surface area contributed by atoms with Crippen LogP contribution in [-0.2, 0) is 0 Å². The van der Waals surface area contributed by atoms with E-state index in [1.54, 1.807) is 0 Å². The van der Waals surface area contributed by atoms with Crippen LogP contribution in [0.15, 0.2) is 78.9 Å². The molecule has 0 heterocycles. The van der Waals surface area contributed by atoms with Crippen molar-refractivity contribution in [2.24, 2.45) is 0 Å². The first-order valence-corrected chi connectivity index (χ1v) is 7.56. The van der Waals surface area contributed by atoms with Gasteiger partial charge in [-0.15, -0.1) is 0 Å². The summed E-state index contributed by atoms with van der Waals surface area (Å²) in [6, 6.07) is 31.5. The number of rotatable bonds is 0. The van der Waals surface area contributed by atoms with Gasteiger partial charge < -0.3 is 0 Å². The molecule has 0 unspecified atom stereocenters. The lowest BCUT2D eigenvalue weighted by atomic mass is 9.91. The van der Waals surface area contributed by atoms with Gasteiger partial charge >= 0.3 is 0 Å². The molecule has 5 rings (SSSR count). The van der Waals surface area contributed by atoms with E-state index in [-0.39, 0.29) is 0 Å².